The van der Waals surface area contributed by atoms with Gasteiger partial charge in [-0.25, -0.2) is 0 Å². The molecule has 0 aromatic carbocycles. The molecule has 0 spiro atoms. The van der Waals surface area contributed by atoms with Gasteiger partial charge in [0, 0.05) is 13.1 Å². The van der Waals surface area contributed by atoms with E-state index in [-0.39, 0.29) is 6.10 Å². The van der Waals surface area contributed by atoms with E-state index in [2.05, 4.69) is 39.4 Å². The van der Waals surface area contributed by atoms with Gasteiger partial charge in [0.2, 0.25) is 11.9 Å². The first-order valence-electron chi connectivity index (χ1n) is 7.90. The molecule has 2 rings (SSSR count). The highest BCUT2D eigenvalue weighted by Gasteiger charge is 2.32. The number of anilines is 2. The molecule has 1 heterocycles. The first-order valence-corrected chi connectivity index (χ1v) is 7.90. The zero-order chi connectivity index (χ0) is 15.4. The zero-order valence-electron chi connectivity index (χ0n) is 13.7. The molecule has 1 fully saturated rings. The van der Waals surface area contributed by atoms with Crippen LogP contribution in [0.25, 0.3) is 0 Å². The second kappa shape index (κ2) is 6.91. The predicted molar refractivity (Wildman–Crippen MR) is 84.7 cm³/mol. The molecule has 1 saturated carbocycles. The van der Waals surface area contributed by atoms with E-state index in [9.17, 15) is 0 Å². The Kier molecular flexibility index (Phi) is 5.20. The fraction of sp³-hybridized carbons (Fsp3) is 0.800. The topological polar surface area (TPSA) is 72.0 Å². The van der Waals surface area contributed by atoms with E-state index in [0.717, 1.165) is 5.92 Å². The lowest BCUT2D eigenvalue weighted by atomic mass is 9.94. The Bertz CT molecular complexity index is 465. The Labute approximate surface area is 127 Å². The van der Waals surface area contributed by atoms with E-state index >= 15 is 0 Å². The van der Waals surface area contributed by atoms with Gasteiger partial charge in [0.15, 0.2) is 0 Å². The molecule has 3 unspecified atom stereocenters. The minimum Gasteiger partial charge on any atom is -0.461 e. The summed E-state index contributed by atoms with van der Waals surface area (Å²) in [6, 6.07) is 0.790. The van der Waals surface area contributed by atoms with Gasteiger partial charge in [-0.1, -0.05) is 20.3 Å². The van der Waals surface area contributed by atoms with Gasteiger partial charge < -0.3 is 15.4 Å². The molecule has 21 heavy (non-hydrogen) atoms. The summed E-state index contributed by atoms with van der Waals surface area (Å²) in [4.78, 5) is 13.0. The quantitative estimate of drug-likeness (QED) is 0.840. The Morgan fingerprint density at radius 2 is 1.90 bits per heavy atom. The van der Waals surface area contributed by atoms with Crippen LogP contribution in [-0.4, -0.2) is 34.1 Å². The number of rotatable bonds is 6. The Morgan fingerprint density at radius 3 is 2.48 bits per heavy atom. The van der Waals surface area contributed by atoms with Crippen LogP contribution >= 0.6 is 0 Å². The average molecular weight is 293 g/mol. The molecule has 1 aliphatic rings. The third kappa shape index (κ3) is 3.95. The fourth-order valence-electron chi connectivity index (χ4n) is 2.99. The van der Waals surface area contributed by atoms with E-state index in [0.29, 0.717) is 29.9 Å². The summed E-state index contributed by atoms with van der Waals surface area (Å²) in [6.07, 6.45) is 3.72. The van der Waals surface area contributed by atoms with E-state index in [1.807, 2.05) is 13.8 Å². The molecular weight excluding hydrogens is 266 g/mol. The molecule has 6 nitrogen and oxygen atoms in total. The lowest BCUT2D eigenvalue weighted by Gasteiger charge is -2.21. The van der Waals surface area contributed by atoms with Gasteiger partial charge in [0.1, 0.15) is 0 Å². The van der Waals surface area contributed by atoms with Crippen molar-refractivity contribution >= 4 is 11.9 Å². The molecule has 0 bridgehead atoms. The third-order valence-electron chi connectivity index (χ3n) is 4.25. The Morgan fingerprint density at radius 1 is 1.19 bits per heavy atom. The second-order valence-electron chi connectivity index (χ2n) is 6.04. The molecule has 118 valence electrons. The van der Waals surface area contributed by atoms with Crippen LogP contribution in [0.2, 0.25) is 0 Å². The normalized spacial score (nSPS) is 25.1. The van der Waals surface area contributed by atoms with Crippen LogP contribution in [-0.2, 0) is 0 Å². The third-order valence-corrected chi connectivity index (χ3v) is 4.25. The van der Waals surface area contributed by atoms with Crippen LogP contribution in [0.3, 0.4) is 0 Å². The molecule has 6 heteroatoms. The molecular formula is C15H27N5O. The van der Waals surface area contributed by atoms with Crippen LogP contribution in [0.15, 0.2) is 0 Å². The number of hydrogen-bond acceptors (Lipinski definition) is 6. The lowest BCUT2D eigenvalue weighted by Crippen LogP contribution is -2.26. The standard InChI is InChI=1S/C15H27N5O/c1-6-11-7-8-12(10(11)4)17-14-18-13(16-5)19-15(20-14)21-9(2)3/h9-12H,6-8H2,1-5H3,(H2,16,17,18,19,20). The summed E-state index contributed by atoms with van der Waals surface area (Å²) in [5.41, 5.74) is 0. The summed E-state index contributed by atoms with van der Waals surface area (Å²) in [7, 11) is 1.80. The van der Waals surface area contributed by atoms with E-state index < -0.39 is 0 Å². The smallest absolute Gasteiger partial charge is 0.323 e. The second-order valence-corrected chi connectivity index (χ2v) is 6.04. The predicted octanol–water partition coefficient (Wildman–Crippen LogP) is 2.94. The molecule has 3 atom stereocenters. The van der Waals surface area contributed by atoms with E-state index in [4.69, 9.17) is 4.74 Å². The van der Waals surface area contributed by atoms with Crippen LogP contribution in [0.4, 0.5) is 11.9 Å². The molecule has 1 aliphatic carbocycles. The molecule has 0 radical (unpaired) electrons. The number of nitrogens with zero attached hydrogens (tertiary/aromatic N) is 3. The van der Waals surface area contributed by atoms with Crippen molar-refractivity contribution in [1.82, 2.24) is 15.0 Å². The lowest BCUT2D eigenvalue weighted by molar-refractivity contribution is 0.222. The van der Waals surface area contributed by atoms with Gasteiger partial charge in [-0.2, -0.15) is 15.0 Å². The van der Waals surface area contributed by atoms with E-state index in [1.54, 1.807) is 7.05 Å². The van der Waals surface area contributed by atoms with Gasteiger partial charge >= 0.3 is 6.01 Å². The van der Waals surface area contributed by atoms with Crippen molar-refractivity contribution in [2.75, 3.05) is 17.7 Å². The van der Waals surface area contributed by atoms with Crippen molar-refractivity contribution in [2.24, 2.45) is 11.8 Å². The maximum atomic E-state index is 5.59. The summed E-state index contributed by atoms with van der Waals surface area (Å²) in [5.74, 6) is 2.55. The van der Waals surface area contributed by atoms with Crippen LogP contribution in [0.5, 0.6) is 6.01 Å². The number of nitrogens with one attached hydrogen (secondary N) is 2. The summed E-state index contributed by atoms with van der Waals surface area (Å²) in [5, 5.41) is 6.42. The molecule has 0 saturated heterocycles. The van der Waals surface area contributed by atoms with Crippen molar-refractivity contribution in [3.63, 3.8) is 0 Å². The molecule has 0 amide bonds. The highest BCUT2D eigenvalue weighted by molar-refractivity contribution is 5.36. The highest BCUT2D eigenvalue weighted by atomic mass is 16.5. The maximum Gasteiger partial charge on any atom is 0.323 e. The highest BCUT2D eigenvalue weighted by Crippen LogP contribution is 2.35. The van der Waals surface area contributed by atoms with Gasteiger partial charge in [0.25, 0.3) is 0 Å². The van der Waals surface area contributed by atoms with E-state index in [1.165, 1.54) is 19.3 Å². The molecule has 2 N–H and O–H groups in total. The minimum absolute atomic E-state index is 0.0415. The average Bonchev–Trinajstić information content (AvgIpc) is 2.78. The van der Waals surface area contributed by atoms with Crippen LogP contribution < -0.4 is 15.4 Å². The largest absolute Gasteiger partial charge is 0.461 e. The number of ether oxygens (including phenoxy) is 1. The maximum absolute atomic E-state index is 5.59. The number of hydrogen-bond donors (Lipinski definition) is 2. The summed E-state index contributed by atoms with van der Waals surface area (Å²) >= 11 is 0. The summed E-state index contributed by atoms with van der Waals surface area (Å²) < 4.78 is 5.59. The monoisotopic (exact) mass is 293 g/mol. The van der Waals surface area contributed by atoms with Crippen molar-refractivity contribution in [2.45, 2.75) is 59.1 Å². The Hall–Kier alpha value is -1.59. The van der Waals surface area contributed by atoms with Gasteiger partial charge in [-0.05, 0) is 38.5 Å². The first-order chi connectivity index (χ1) is 10.0. The zero-order valence-corrected chi connectivity index (χ0v) is 13.7. The van der Waals surface area contributed by atoms with Gasteiger partial charge in [-0.15, -0.1) is 0 Å². The van der Waals surface area contributed by atoms with Crippen molar-refractivity contribution in [3.8, 4) is 6.01 Å². The first kappa shape index (κ1) is 15.8. The SMILES string of the molecule is CCC1CCC(Nc2nc(NC)nc(OC(C)C)n2)C1C. The minimum atomic E-state index is 0.0415. The Balaban J connectivity index is 2.12. The van der Waals surface area contributed by atoms with Crippen molar-refractivity contribution in [1.29, 1.82) is 0 Å². The van der Waals surface area contributed by atoms with Gasteiger partial charge in [0.05, 0.1) is 6.10 Å². The van der Waals surface area contributed by atoms with Gasteiger partial charge in [-0.3, -0.25) is 0 Å². The summed E-state index contributed by atoms with van der Waals surface area (Å²) in [6.45, 7) is 8.49. The fourth-order valence-corrected chi connectivity index (χ4v) is 2.99. The molecule has 1 aromatic rings. The molecule has 1 aromatic heterocycles. The van der Waals surface area contributed by atoms with Crippen LogP contribution in [0, 0.1) is 11.8 Å². The van der Waals surface area contributed by atoms with Crippen molar-refractivity contribution < 1.29 is 4.74 Å². The number of aromatic nitrogens is 3. The van der Waals surface area contributed by atoms with Crippen LogP contribution in [0.1, 0.15) is 47.0 Å². The molecule has 0 aliphatic heterocycles. The van der Waals surface area contributed by atoms with Crippen molar-refractivity contribution in [3.05, 3.63) is 0 Å².